The van der Waals surface area contributed by atoms with Gasteiger partial charge in [0.2, 0.25) is 11.7 Å². The van der Waals surface area contributed by atoms with E-state index in [1.54, 1.807) is 26.5 Å². The quantitative estimate of drug-likeness (QED) is 0.566. The van der Waals surface area contributed by atoms with E-state index in [9.17, 15) is 0 Å². The Morgan fingerprint density at radius 3 is 2.64 bits per heavy atom. The van der Waals surface area contributed by atoms with E-state index in [1.165, 1.54) is 0 Å². The summed E-state index contributed by atoms with van der Waals surface area (Å²) in [6.45, 7) is 0. The van der Waals surface area contributed by atoms with Crippen LogP contribution in [0, 0.1) is 0 Å². The number of benzene rings is 1. The minimum Gasteiger partial charge on any atom is -0.497 e. The zero-order valence-corrected chi connectivity index (χ0v) is 13.6. The third-order valence-electron chi connectivity index (χ3n) is 3.73. The molecule has 0 amide bonds. The summed E-state index contributed by atoms with van der Waals surface area (Å²) in [5.41, 5.74) is 2.03. The zero-order chi connectivity index (χ0) is 17.2. The van der Waals surface area contributed by atoms with Crippen LogP contribution in [-0.4, -0.2) is 34.3 Å². The van der Waals surface area contributed by atoms with E-state index in [0.29, 0.717) is 28.9 Å². The third kappa shape index (κ3) is 2.76. The van der Waals surface area contributed by atoms with Crippen LogP contribution in [-0.2, 0) is 0 Å². The van der Waals surface area contributed by atoms with Gasteiger partial charge in [-0.25, -0.2) is 4.98 Å². The second-order valence-corrected chi connectivity index (χ2v) is 5.24. The van der Waals surface area contributed by atoms with E-state index in [0.717, 1.165) is 16.7 Å². The minimum absolute atomic E-state index is 0.336. The maximum atomic E-state index is 5.40. The first-order chi connectivity index (χ1) is 12.3. The average molecular weight is 334 g/mol. The molecule has 0 aliphatic rings. The van der Waals surface area contributed by atoms with E-state index in [4.69, 9.17) is 14.0 Å². The molecule has 124 valence electrons. The number of fused-ring (bicyclic) bond motifs is 1. The highest BCUT2D eigenvalue weighted by Crippen LogP contribution is 2.32. The van der Waals surface area contributed by atoms with Gasteiger partial charge in [-0.1, -0.05) is 11.2 Å². The fourth-order valence-corrected chi connectivity index (χ4v) is 2.51. The van der Waals surface area contributed by atoms with E-state index < -0.39 is 0 Å². The summed E-state index contributed by atoms with van der Waals surface area (Å²) >= 11 is 0. The van der Waals surface area contributed by atoms with Crippen LogP contribution in [0.25, 0.3) is 33.9 Å². The monoisotopic (exact) mass is 334 g/mol. The highest BCUT2D eigenvalue weighted by molar-refractivity contribution is 5.86. The Bertz CT molecular complexity index is 1030. The first kappa shape index (κ1) is 15.1. The normalized spacial score (nSPS) is 10.8. The Morgan fingerprint density at radius 1 is 0.960 bits per heavy atom. The molecule has 4 rings (SSSR count). The molecule has 0 N–H and O–H groups in total. The van der Waals surface area contributed by atoms with Crippen molar-refractivity contribution in [2.45, 2.75) is 0 Å². The summed E-state index contributed by atoms with van der Waals surface area (Å²) in [4.78, 5) is 13.1. The Hall–Kier alpha value is -3.48. The smallest absolute Gasteiger partial charge is 0.276 e. The van der Waals surface area contributed by atoms with E-state index in [2.05, 4.69) is 20.1 Å². The molecule has 3 heterocycles. The lowest BCUT2D eigenvalue weighted by atomic mass is 10.1. The largest absolute Gasteiger partial charge is 0.497 e. The summed E-state index contributed by atoms with van der Waals surface area (Å²) < 4.78 is 16.0. The number of hydrogen-bond acceptors (Lipinski definition) is 7. The Labute approximate surface area is 143 Å². The molecule has 0 saturated carbocycles. The van der Waals surface area contributed by atoms with Crippen molar-refractivity contribution >= 4 is 10.9 Å². The van der Waals surface area contributed by atoms with Gasteiger partial charge in [0.1, 0.15) is 11.4 Å². The van der Waals surface area contributed by atoms with Crippen LogP contribution in [0.15, 0.2) is 53.2 Å². The molecular formula is C18H14N4O3. The number of rotatable bonds is 4. The van der Waals surface area contributed by atoms with Crippen molar-refractivity contribution in [2.24, 2.45) is 0 Å². The lowest BCUT2D eigenvalue weighted by molar-refractivity contribution is 0.399. The average Bonchev–Trinajstić information content (AvgIpc) is 3.17. The number of pyridine rings is 2. The van der Waals surface area contributed by atoms with Crippen molar-refractivity contribution in [1.29, 1.82) is 0 Å². The summed E-state index contributed by atoms with van der Waals surface area (Å²) in [5, 5.41) is 4.93. The van der Waals surface area contributed by atoms with Crippen LogP contribution >= 0.6 is 0 Å². The second kappa shape index (κ2) is 6.20. The Balaban J connectivity index is 1.84. The predicted molar refractivity (Wildman–Crippen MR) is 91.4 cm³/mol. The van der Waals surface area contributed by atoms with Crippen molar-refractivity contribution in [3.8, 4) is 34.6 Å². The molecule has 0 bridgehead atoms. The molecule has 7 heteroatoms. The van der Waals surface area contributed by atoms with Gasteiger partial charge < -0.3 is 14.0 Å². The van der Waals surface area contributed by atoms with Crippen LogP contribution in [0.2, 0.25) is 0 Å². The molecule has 0 unspecified atom stereocenters. The van der Waals surface area contributed by atoms with Gasteiger partial charge in [-0.05, 0) is 36.4 Å². The first-order valence-corrected chi connectivity index (χ1v) is 7.57. The number of nitrogens with zero attached hydrogens (tertiary/aromatic N) is 4. The van der Waals surface area contributed by atoms with Gasteiger partial charge in [-0.15, -0.1) is 0 Å². The van der Waals surface area contributed by atoms with Crippen LogP contribution in [0.3, 0.4) is 0 Å². The summed E-state index contributed by atoms with van der Waals surface area (Å²) in [6, 6.07) is 13.0. The van der Waals surface area contributed by atoms with E-state index in [-0.39, 0.29) is 0 Å². The molecule has 1 aromatic carbocycles. The summed E-state index contributed by atoms with van der Waals surface area (Å²) in [5.74, 6) is 1.89. The predicted octanol–water partition coefficient (Wildman–Crippen LogP) is 3.36. The molecule has 0 radical (unpaired) electrons. The zero-order valence-electron chi connectivity index (χ0n) is 13.6. The first-order valence-electron chi connectivity index (χ1n) is 7.57. The van der Waals surface area contributed by atoms with Gasteiger partial charge in [-0.3, -0.25) is 4.98 Å². The number of hydrogen-bond donors (Lipinski definition) is 0. The van der Waals surface area contributed by atoms with Crippen LogP contribution in [0.4, 0.5) is 0 Å². The molecule has 0 aliphatic heterocycles. The standard InChI is InChI=1S/C18H14N4O3/c1-23-12-6-7-14-11(9-12)10-13(17(20-14)24-2)16-21-18(25-22-16)15-5-3-4-8-19-15/h3-10H,1-2H3. The summed E-state index contributed by atoms with van der Waals surface area (Å²) in [6.07, 6.45) is 1.67. The molecule has 3 aromatic heterocycles. The van der Waals surface area contributed by atoms with E-state index in [1.807, 2.05) is 36.4 Å². The maximum absolute atomic E-state index is 5.40. The van der Waals surface area contributed by atoms with Crippen molar-refractivity contribution < 1.29 is 14.0 Å². The fourth-order valence-electron chi connectivity index (χ4n) is 2.51. The van der Waals surface area contributed by atoms with Crippen molar-refractivity contribution in [1.82, 2.24) is 20.1 Å². The number of methoxy groups -OCH3 is 2. The minimum atomic E-state index is 0.336. The molecule has 4 aromatic rings. The molecular weight excluding hydrogens is 320 g/mol. The second-order valence-electron chi connectivity index (χ2n) is 5.24. The van der Waals surface area contributed by atoms with Crippen LogP contribution in [0.1, 0.15) is 0 Å². The Morgan fingerprint density at radius 2 is 1.88 bits per heavy atom. The lowest BCUT2D eigenvalue weighted by Gasteiger charge is -2.07. The highest BCUT2D eigenvalue weighted by atomic mass is 16.5. The van der Waals surface area contributed by atoms with Gasteiger partial charge in [0.05, 0.1) is 25.3 Å². The van der Waals surface area contributed by atoms with E-state index >= 15 is 0 Å². The van der Waals surface area contributed by atoms with Gasteiger partial charge in [0, 0.05) is 11.6 Å². The maximum Gasteiger partial charge on any atom is 0.276 e. The van der Waals surface area contributed by atoms with Crippen molar-refractivity contribution in [3.05, 3.63) is 48.7 Å². The van der Waals surface area contributed by atoms with Crippen molar-refractivity contribution in [3.63, 3.8) is 0 Å². The summed E-state index contributed by atoms with van der Waals surface area (Å²) in [7, 11) is 3.18. The lowest BCUT2D eigenvalue weighted by Crippen LogP contribution is -1.94. The molecule has 25 heavy (non-hydrogen) atoms. The van der Waals surface area contributed by atoms with Gasteiger partial charge in [0.15, 0.2) is 0 Å². The molecule has 0 atom stereocenters. The SMILES string of the molecule is COc1ccc2nc(OC)c(-c3noc(-c4ccccn4)n3)cc2c1. The Kier molecular flexibility index (Phi) is 3.74. The van der Waals surface area contributed by atoms with Crippen LogP contribution < -0.4 is 9.47 Å². The van der Waals surface area contributed by atoms with Gasteiger partial charge in [0.25, 0.3) is 5.89 Å². The number of ether oxygens (including phenoxy) is 2. The number of aromatic nitrogens is 4. The molecule has 0 aliphatic carbocycles. The fraction of sp³-hybridized carbons (Fsp3) is 0.111. The molecule has 0 saturated heterocycles. The molecule has 0 fully saturated rings. The van der Waals surface area contributed by atoms with Gasteiger partial charge in [-0.2, -0.15) is 4.98 Å². The topological polar surface area (TPSA) is 83.2 Å². The molecule has 0 spiro atoms. The van der Waals surface area contributed by atoms with Gasteiger partial charge >= 0.3 is 0 Å². The highest BCUT2D eigenvalue weighted by Gasteiger charge is 2.17. The molecule has 7 nitrogen and oxygen atoms in total. The van der Waals surface area contributed by atoms with Crippen LogP contribution in [0.5, 0.6) is 11.6 Å². The van der Waals surface area contributed by atoms with Crippen molar-refractivity contribution in [2.75, 3.05) is 14.2 Å². The third-order valence-corrected chi connectivity index (χ3v) is 3.73.